The van der Waals surface area contributed by atoms with Crippen LogP contribution in [-0.4, -0.2) is 11.0 Å². The van der Waals surface area contributed by atoms with E-state index in [2.05, 4.69) is 15.6 Å². The molecule has 0 aliphatic rings. The summed E-state index contributed by atoms with van der Waals surface area (Å²) in [6, 6.07) is 9.53. The number of carbonyl (C=O) groups excluding carboxylic acids is 1. The smallest absolute Gasteiger partial charge is 0.319 e. The van der Waals surface area contributed by atoms with Gasteiger partial charge in [0.25, 0.3) is 0 Å². The Kier molecular flexibility index (Phi) is 4.13. The predicted octanol–water partition coefficient (Wildman–Crippen LogP) is 3.02. The van der Waals surface area contributed by atoms with Crippen LogP contribution < -0.4 is 10.6 Å². The molecule has 2 rings (SSSR count). The van der Waals surface area contributed by atoms with Gasteiger partial charge < -0.3 is 10.6 Å². The fourth-order valence-electron chi connectivity index (χ4n) is 1.72. The fourth-order valence-corrected chi connectivity index (χ4v) is 1.72. The summed E-state index contributed by atoms with van der Waals surface area (Å²) in [6.45, 7) is 4.43. The molecule has 0 saturated heterocycles. The number of nitrogens with zero attached hydrogens (tertiary/aromatic N) is 1. The number of nitrogens with one attached hydrogen (secondary N) is 2. The molecule has 0 spiro atoms. The molecule has 1 aromatic heterocycles. The van der Waals surface area contributed by atoms with E-state index in [0.717, 1.165) is 22.4 Å². The van der Waals surface area contributed by atoms with Gasteiger partial charge in [0.2, 0.25) is 0 Å². The number of aryl methyl sites for hydroxylation is 2. The zero-order valence-electron chi connectivity index (χ0n) is 11.1. The van der Waals surface area contributed by atoms with E-state index in [1.54, 1.807) is 12.4 Å². The van der Waals surface area contributed by atoms with Crippen LogP contribution in [0, 0.1) is 13.8 Å². The van der Waals surface area contributed by atoms with Gasteiger partial charge in [0.1, 0.15) is 0 Å². The lowest BCUT2D eigenvalue weighted by Gasteiger charge is -2.10. The first-order valence-electron chi connectivity index (χ1n) is 6.16. The quantitative estimate of drug-likeness (QED) is 0.885. The minimum atomic E-state index is -0.211. The van der Waals surface area contributed by atoms with E-state index in [9.17, 15) is 4.79 Å². The second-order valence-corrected chi connectivity index (χ2v) is 4.49. The molecule has 0 aliphatic heterocycles. The average Bonchev–Trinajstić information content (AvgIpc) is 2.42. The van der Waals surface area contributed by atoms with Gasteiger partial charge in [-0.05, 0) is 42.7 Å². The van der Waals surface area contributed by atoms with Crippen molar-refractivity contribution in [1.29, 1.82) is 0 Å². The number of urea groups is 1. The first-order valence-corrected chi connectivity index (χ1v) is 6.16. The topological polar surface area (TPSA) is 54.0 Å². The van der Waals surface area contributed by atoms with Crippen LogP contribution in [0.1, 0.15) is 16.7 Å². The van der Waals surface area contributed by atoms with Crippen molar-refractivity contribution in [3.05, 3.63) is 59.4 Å². The van der Waals surface area contributed by atoms with Crippen molar-refractivity contribution >= 4 is 11.7 Å². The average molecular weight is 255 g/mol. The number of amides is 2. The molecule has 1 heterocycles. The van der Waals surface area contributed by atoms with Crippen LogP contribution in [0.3, 0.4) is 0 Å². The molecule has 2 N–H and O–H groups in total. The Morgan fingerprint density at radius 2 is 2.11 bits per heavy atom. The summed E-state index contributed by atoms with van der Waals surface area (Å²) in [6.07, 6.45) is 3.44. The summed E-state index contributed by atoms with van der Waals surface area (Å²) in [4.78, 5) is 15.8. The van der Waals surface area contributed by atoms with E-state index in [1.165, 1.54) is 0 Å². The Morgan fingerprint density at radius 3 is 2.84 bits per heavy atom. The number of rotatable bonds is 3. The molecular weight excluding hydrogens is 238 g/mol. The van der Waals surface area contributed by atoms with Gasteiger partial charge in [-0.15, -0.1) is 0 Å². The van der Waals surface area contributed by atoms with Crippen molar-refractivity contribution < 1.29 is 4.79 Å². The first kappa shape index (κ1) is 13.1. The molecule has 0 aliphatic carbocycles. The van der Waals surface area contributed by atoms with Crippen molar-refractivity contribution in [3.63, 3.8) is 0 Å². The third kappa shape index (κ3) is 3.81. The van der Waals surface area contributed by atoms with Crippen LogP contribution in [0.5, 0.6) is 0 Å². The molecular formula is C15H17N3O. The highest BCUT2D eigenvalue weighted by molar-refractivity contribution is 5.90. The molecule has 19 heavy (non-hydrogen) atoms. The van der Waals surface area contributed by atoms with Crippen molar-refractivity contribution in [2.75, 3.05) is 5.32 Å². The lowest BCUT2D eigenvalue weighted by molar-refractivity contribution is 0.251. The van der Waals surface area contributed by atoms with Crippen LogP contribution in [0.2, 0.25) is 0 Å². The van der Waals surface area contributed by atoms with E-state index in [-0.39, 0.29) is 6.03 Å². The monoisotopic (exact) mass is 255 g/mol. The third-order valence-corrected chi connectivity index (χ3v) is 2.82. The van der Waals surface area contributed by atoms with Gasteiger partial charge >= 0.3 is 6.03 Å². The molecule has 0 bridgehead atoms. The zero-order chi connectivity index (χ0) is 13.7. The zero-order valence-corrected chi connectivity index (χ0v) is 11.1. The van der Waals surface area contributed by atoms with E-state index in [4.69, 9.17) is 0 Å². The summed E-state index contributed by atoms with van der Waals surface area (Å²) in [5.74, 6) is 0. The second kappa shape index (κ2) is 6.00. The van der Waals surface area contributed by atoms with Gasteiger partial charge in [-0.3, -0.25) is 4.98 Å². The van der Waals surface area contributed by atoms with Crippen LogP contribution in [-0.2, 0) is 6.54 Å². The lowest BCUT2D eigenvalue weighted by Crippen LogP contribution is -2.28. The Hall–Kier alpha value is -2.36. The third-order valence-electron chi connectivity index (χ3n) is 2.82. The number of hydrogen-bond acceptors (Lipinski definition) is 2. The highest BCUT2D eigenvalue weighted by Gasteiger charge is 2.04. The molecule has 0 fully saturated rings. The molecule has 2 aromatic rings. The minimum Gasteiger partial charge on any atom is -0.334 e. The summed E-state index contributed by atoms with van der Waals surface area (Å²) in [7, 11) is 0. The van der Waals surface area contributed by atoms with Gasteiger partial charge in [-0.25, -0.2) is 4.79 Å². The molecule has 0 unspecified atom stereocenters. The SMILES string of the molecule is Cc1ccc(C)c(NC(=O)NCc2cccnc2)c1. The summed E-state index contributed by atoms with van der Waals surface area (Å²) < 4.78 is 0. The maximum atomic E-state index is 11.8. The van der Waals surface area contributed by atoms with Crippen LogP contribution in [0.25, 0.3) is 0 Å². The number of benzene rings is 1. The number of hydrogen-bond donors (Lipinski definition) is 2. The maximum absolute atomic E-state index is 11.8. The number of pyridine rings is 1. The van der Waals surface area contributed by atoms with E-state index in [0.29, 0.717) is 6.54 Å². The van der Waals surface area contributed by atoms with Crippen molar-refractivity contribution in [2.45, 2.75) is 20.4 Å². The lowest BCUT2D eigenvalue weighted by atomic mass is 10.1. The first-order chi connectivity index (χ1) is 9.15. The molecule has 0 radical (unpaired) electrons. The molecule has 4 heteroatoms. The van der Waals surface area contributed by atoms with Gasteiger partial charge in [0.15, 0.2) is 0 Å². The second-order valence-electron chi connectivity index (χ2n) is 4.49. The summed E-state index contributed by atoms with van der Waals surface area (Å²) >= 11 is 0. The standard InChI is InChI=1S/C15H17N3O/c1-11-5-6-12(2)14(8-11)18-15(19)17-10-13-4-3-7-16-9-13/h3-9H,10H2,1-2H3,(H2,17,18,19). The van der Waals surface area contributed by atoms with Crippen molar-refractivity contribution in [3.8, 4) is 0 Å². The molecule has 0 atom stereocenters. The maximum Gasteiger partial charge on any atom is 0.319 e. The Morgan fingerprint density at radius 1 is 1.26 bits per heavy atom. The number of carbonyl (C=O) groups is 1. The highest BCUT2D eigenvalue weighted by atomic mass is 16.2. The van der Waals surface area contributed by atoms with E-state index < -0.39 is 0 Å². The van der Waals surface area contributed by atoms with Crippen molar-refractivity contribution in [2.24, 2.45) is 0 Å². The van der Waals surface area contributed by atoms with Gasteiger partial charge in [-0.2, -0.15) is 0 Å². The fraction of sp³-hybridized carbons (Fsp3) is 0.200. The van der Waals surface area contributed by atoms with Crippen LogP contribution >= 0.6 is 0 Å². The Balaban J connectivity index is 1.93. The number of aromatic nitrogens is 1. The molecule has 1 aromatic carbocycles. The normalized spacial score (nSPS) is 10.0. The van der Waals surface area contributed by atoms with Gasteiger partial charge in [0, 0.05) is 24.6 Å². The van der Waals surface area contributed by atoms with Crippen LogP contribution in [0.4, 0.5) is 10.5 Å². The highest BCUT2D eigenvalue weighted by Crippen LogP contribution is 2.15. The van der Waals surface area contributed by atoms with E-state index >= 15 is 0 Å². The Labute approximate surface area is 112 Å². The molecule has 4 nitrogen and oxygen atoms in total. The van der Waals surface area contributed by atoms with E-state index in [1.807, 2.05) is 44.2 Å². The van der Waals surface area contributed by atoms with Crippen molar-refractivity contribution in [1.82, 2.24) is 10.3 Å². The number of anilines is 1. The molecule has 0 saturated carbocycles. The molecule has 2 amide bonds. The molecule has 98 valence electrons. The van der Waals surface area contributed by atoms with Gasteiger partial charge in [0.05, 0.1) is 0 Å². The largest absolute Gasteiger partial charge is 0.334 e. The van der Waals surface area contributed by atoms with Crippen LogP contribution in [0.15, 0.2) is 42.7 Å². The predicted molar refractivity (Wildman–Crippen MR) is 76.0 cm³/mol. The summed E-state index contributed by atoms with van der Waals surface area (Å²) in [5, 5.41) is 5.65. The summed E-state index contributed by atoms with van der Waals surface area (Å²) in [5.41, 5.74) is 3.97. The van der Waals surface area contributed by atoms with Gasteiger partial charge in [-0.1, -0.05) is 18.2 Å². The Bertz CT molecular complexity index is 567. The minimum absolute atomic E-state index is 0.211.